The standard InChI is InChI=1S/C16H19NO2/c1-4-6-14(5-2)11-19-12-16(18)17-15-9-7-13(3)8-10-15/h4-10H,1-2,11-12H2,3H3,(H,17,18)/b14-6+. The molecule has 0 aliphatic carbocycles. The molecule has 1 aromatic rings. The number of rotatable bonds is 7. The van der Waals surface area contributed by atoms with E-state index in [1.165, 1.54) is 0 Å². The van der Waals surface area contributed by atoms with E-state index in [1.807, 2.05) is 31.2 Å². The van der Waals surface area contributed by atoms with E-state index in [0.717, 1.165) is 16.8 Å². The summed E-state index contributed by atoms with van der Waals surface area (Å²) in [6.45, 7) is 9.60. The fraction of sp³-hybridized carbons (Fsp3) is 0.188. The molecule has 3 nitrogen and oxygen atoms in total. The van der Waals surface area contributed by atoms with Crippen molar-refractivity contribution in [2.75, 3.05) is 18.5 Å². The van der Waals surface area contributed by atoms with E-state index in [2.05, 4.69) is 18.5 Å². The Kier molecular flexibility index (Phi) is 6.33. The van der Waals surface area contributed by atoms with E-state index in [9.17, 15) is 4.79 Å². The second-order valence-corrected chi connectivity index (χ2v) is 4.09. The Bertz CT molecular complexity index is 472. The third-order valence-electron chi connectivity index (χ3n) is 2.43. The number of carbonyl (C=O) groups excluding carboxylic acids is 1. The van der Waals surface area contributed by atoms with Crippen molar-refractivity contribution in [1.29, 1.82) is 0 Å². The molecule has 0 radical (unpaired) electrons. The van der Waals surface area contributed by atoms with Crippen molar-refractivity contribution in [2.24, 2.45) is 0 Å². The highest BCUT2D eigenvalue weighted by molar-refractivity contribution is 5.91. The predicted molar refractivity (Wildman–Crippen MR) is 79.1 cm³/mol. The summed E-state index contributed by atoms with van der Waals surface area (Å²) in [4.78, 5) is 11.6. The Morgan fingerprint density at radius 3 is 2.53 bits per heavy atom. The SMILES string of the molecule is C=C/C=C(\C=C)COCC(=O)Nc1ccc(C)cc1. The van der Waals surface area contributed by atoms with Gasteiger partial charge in [-0.15, -0.1) is 0 Å². The summed E-state index contributed by atoms with van der Waals surface area (Å²) in [5.74, 6) is -0.175. The molecule has 0 saturated heterocycles. The molecule has 0 spiro atoms. The van der Waals surface area contributed by atoms with Gasteiger partial charge in [-0.25, -0.2) is 0 Å². The van der Waals surface area contributed by atoms with Gasteiger partial charge in [-0.1, -0.05) is 49.1 Å². The molecule has 1 aromatic carbocycles. The molecule has 0 heterocycles. The fourth-order valence-electron chi connectivity index (χ4n) is 1.42. The van der Waals surface area contributed by atoms with Gasteiger partial charge in [0.15, 0.2) is 0 Å². The lowest BCUT2D eigenvalue weighted by Gasteiger charge is -2.07. The van der Waals surface area contributed by atoms with Gasteiger partial charge in [0.1, 0.15) is 6.61 Å². The smallest absolute Gasteiger partial charge is 0.250 e. The minimum atomic E-state index is -0.175. The van der Waals surface area contributed by atoms with Crippen molar-refractivity contribution in [3.05, 3.63) is 66.8 Å². The highest BCUT2D eigenvalue weighted by Crippen LogP contribution is 2.08. The van der Waals surface area contributed by atoms with Gasteiger partial charge < -0.3 is 10.1 Å². The summed E-state index contributed by atoms with van der Waals surface area (Å²) < 4.78 is 5.30. The van der Waals surface area contributed by atoms with Crippen LogP contribution < -0.4 is 5.32 Å². The lowest BCUT2D eigenvalue weighted by molar-refractivity contribution is -0.120. The summed E-state index contributed by atoms with van der Waals surface area (Å²) in [5.41, 5.74) is 2.81. The normalized spacial score (nSPS) is 10.9. The molecule has 19 heavy (non-hydrogen) atoms. The molecule has 0 bridgehead atoms. The van der Waals surface area contributed by atoms with E-state index >= 15 is 0 Å². The minimum absolute atomic E-state index is 0.0101. The van der Waals surface area contributed by atoms with E-state index < -0.39 is 0 Å². The molecule has 1 rings (SSSR count). The average molecular weight is 257 g/mol. The van der Waals surface area contributed by atoms with Crippen LogP contribution in [0.5, 0.6) is 0 Å². The number of ether oxygens (including phenoxy) is 1. The Morgan fingerprint density at radius 2 is 1.95 bits per heavy atom. The number of amides is 1. The first-order valence-corrected chi connectivity index (χ1v) is 6.04. The van der Waals surface area contributed by atoms with E-state index in [1.54, 1.807) is 18.2 Å². The molecule has 0 aliphatic rings. The first kappa shape index (κ1) is 14.9. The fourth-order valence-corrected chi connectivity index (χ4v) is 1.42. The van der Waals surface area contributed by atoms with Crippen LogP contribution in [-0.2, 0) is 9.53 Å². The van der Waals surface area contributed by atoms with Gasteiger partial charge >= 0.3 is 0 Å². The Hall–Kier alpha value is -2.13. The second-order valence-electron chi connectivity index (χ2n) is 4.09. The molecule has 0 aliphatic heterocycles. The minimum Gasteiger partial charge on any atom is -0.367 e. The van der Waals surface area contributed by atoms with Crippen molar-refractivity contribution in [3.8, 4) is 0 Å². The van der Waals surface area contributed by atoms with Crippen molar-refractivity contribution in [1.82, 2.24) is 0 Å². The van der Waals surface area contributed by atoms with Gasteiger partial charge in [0.05, 0.1) is 6.61 Å². The highest BCUT2D eigenvalue weighted by atomic mass is 16.5. The number of hydrogen-bond acceptors (Lipinski definition) is 2. The topological polar surface area (TPSA) is 38.3 Å². The van der Waals surface area contributed by atoms with Gasteiger partial charge in [-0.2, -0.15) is 0 Å². The number of allylic oxidation sites excluding steroid dienone is 2. The van der Waals surface area contributed by atoms with Gasteiger partial charge in [-0.3, -0.25) is 4.79 Å². The van der Waals surface area contributed by atoms with E-state index in [0.29, 0.717) is 6.61 Å². The number of hydrogen-bond donors (Lipinski definition) is 1. The zero-order valence-corrected chi connectivity index (χ0v) is 11.2. The van der Waals surface area contributed by atoms with Crippen LogP contribution >= 0.6 is 0 Å². The molecule has 1 amide bonds. The maximum Gasteiger partial charge on any atom is 0.250 e. The largest absolute Gasteiger partial charge is 0.367 e. The average Bonchev–Trinajstić information content (AvgIpc) is 2.40. The highest BCUT2D eigenvalue weighted by Gasteiger charge is 2.02. The maximum absolute atomic E-state index is 11.6. The van der Waals surface area contributed by atoms with E-state index in [-0.39, 0.29) is 12.5 Å². The van der Waals surface area contributed by atoms with Crippen LogP contribution in [0.2, 0.25) is 0 Å². The number of nitrogens with one attached hydrogen (secondary N) is 1. The number of aryl methyl sites for hydroxylation is 1. The van der Waals surface area contributed by atoms with Crippen LogP contribution in [0.15, 0.2) is 61.2 Å². The Morgan fingerprint density at radius 1 is 1.26 bits per heavy atom. The Balaban J connectivity index is 2.36. The van der Waals surface area contributed by atoms with E-state index in [4.69, 9.17) is 4.74 Å². The molecule has 100 valence electrons. The van der Waals surface area contributed by atoms with Gasteiger partial charge in [0.25, 0.3) is 0 Å². The molecule has 0 fully saturated rings. The predicted octanol–water partition coefficient (Wildman–Crippen LogP) is 3.25. The maximum atomic E-state index is 11.6. The molecule has 0 aromatic heterocycles. The number of carbonyl (C=O) groups is 1. The number of benzene rings is 1. The molecular formula is C16H19NO2. The lowest BCUT2D eigenvalue weighted by atomic mass is 10.2. The van der Waals surface area contributed by atoms with Gasteiger partial charge in [0.2, 0.25) is 5.91 Å². The Labute approximate surface area is 114 Å². The van der Waals surface area contributed by atoms with Crippen molar-refractivity contribution in [3.63, 3.8) is 0 Å². The monoisotopic (exact) mass is 257 g/mol. The summed E-state index contributed by atoms with van der Waals surface area (Å²) in [7, 11) is 0. The third kappa shape index (κ3) is 5.84. The van der Waals surface area contributed by atoms with Crippen LogP contribution in [0.3, 0.4) is 0 Å². The summed E-state index contributed by atoms with van der Waals surface area (Å²) >= 11 is 0. The lowest BCUT2D eigenvalue weighted by Crippen LogP contribution is -2.18. The molecule has 3 heteroatoms. The molecular weight excluding hydrogens is 238 g/mol. The van der Waals surface area contributed by atoms with Crippen LogP contribution in [-0.4, -0.2) is 19.1 Å². The van der Waals surface area contributed by atoms with Crippen LogP contribution in [0.1, 0.15) is 5.56 Å². The zero-order chi connectivity index (χ0) is 14.1. The summed E-state index contributed by atoms with van der Waals surface area (Å²) in [5, 5.41) is 2.76. The summed E-state index contributed by atoms with van der Waals surface area (Å²) in [6, 6.07) is 7.61. The van der Waals surface area contributed by atoms with Crippen LogP contribution in [0, 0.1) is 6.92 Å². The molecule has 0 saturated carbocycles. The molecule has 0 unspecified atom stereocenters. The van der Waals surface area contributed by atoms with Gasteiger partial charge in [-0.05, 0) is 24.6 Å². The van der Waals surface area contributed by atoms with Gasteiger partial charge in [0, 0.05) is 5.69 Å². The first-order valence-electron chi connectivity index (χ1n) is 6.04. The second kappa shape index (κ2) is 8.06. The molecule has 1 N–H and O–H groups in total. The summed E-state index contributed by atoms with van der Waals surface area (Å²) in [6.07, 6.45) is 5.14. The van der Waals surface area contributed by atoms with Crippen molar-refractivity contribution in [2.45, 2.75) is 6.92 Å². The zero-order valence-electron chi connectivity index (χ0n) is 11.2. The van der Waals surface area contributed by atoms with Crippen molar-refractivity contribution >= 4 is 11.6 Å². The number of anilines is 1. The third-order valence-corrected chi connectivity index (χ3v) is 2.43. The molecule has 0 atom stereocenters. The van der Waals surface area contributed by atoms with Crippen LogP contribution in [0.25, 0.3) is 0 Å². The first-order chi connectivity index (χ1) is 9.15. The van der Waals surface area contributed by atoms with Crippen molar-refractivity contribution < 1.29 is 9.53 Å². The van der Waals surface area contributed by atoms with Crippen LogP contribution in [0.4, 0.5) is 5.69 Å². The quantitative estimate of drug-likeness (QED) is 0.761.